The lowest BCUT2D eigenvalue weighted by molar-refractivity contribution is 0.0677. The predicted molar refractivity (Wildman–Crippen MR) is 75.2 cm³/mol. The molecule has 0 saturated carbocycles. The highest BCUT2D eigenvalue weighted by molar-refractivity contribution is 5.88. The molecule has 0 fully saturated rings. The van der Waals surface area contributed by atoms with E-state index in [0.717, 1.165) is 0 Å². The van der Waals surface area contributed by atoms with Crippen LogP contribution in [0.15, 0.2) is 36.5 Å². The van der Waals surface area contributed by atoms with Crippen LogP contribution in [-0.4, -0.2) is 20.9 Å². The van der Waals surface area contributed by atoms with Crippen molar-refractivity contribution in [1.29, 1.82) is 0 Å². The van der Waals surface area contributed by atoms with Crippen molar-refractivity contribution >= 4 is 5.97 Å². The van der Waals surface area contributed by atoms with Crippen LogP contribution in [-0.2, 0) is 6.54 Å². The van der Waals surface area contributed by atoms with Gasteiger partial charge in [-0.2, -0.15) is 5.10 Å². The SMILES string of the molecule is CC(C)(C)Cn1ncc(Oc2ccccc2)c1C(=O)O. The van der Waals surface area contributed by atoms with Gasteiger partial charge in [-0.3, -0.25) is 4.68 Å². The van der Waals surface area contributed by atoms with E-state index in [4.69, 9.17) is 4.74 Å². The van der Waals surface area contributed by atoms with E-state index >= 15 is 0 Å². The van der Waals surface area contributed by atoms with E-state index < -0.39 is 5.97 Å². The number of aromatic carboxylic acids is 1. The first-order valence-corrected chi connectivity index (χ1v) is 6.39. The third kappa shape index (κ3) is 3.38. The molecule has 1 aromatic carbocycles. The lowest BCUT2D eigenvalue weighted by Gasteiger charge is -2.18. The number of hydrogen-bond donors (Lipinski definition) is 1. The Morgan fingerprint density at radius 3 is 2.50 bits per heavy atom. The molecule has 1 heterocycles. The van der Waals surface area contributed by atoms with Crippen LogP contribution in [0.3, 0.4) is 0 Å². The molecule has 0 aliphatic heterocycles. The topological polar surface area (TPSA) is 64.4 Å². The highest BCUT2D eigenvalue weighted by atomic mass is 16.5. The maximum Gasteiger partial charge on any atom is 0.358 e. The van der Waals surface area contributed by atoms with E-state index in [0.29, 0.717) is 12.3 Å². The van der Waals surface area contributed by atoms with Gasteiger partial charge in [0.05, 0.1) is 6.20 Å². The van der Waals surface area contributed by atoms with Gasteiger partial charge in [-0.25, -0.2) is 4.79 Å². The fraction of sp³-hybridized carbons (Fsp3) is 0.333. The number of ether oxygens (including phenoxy) is 1. The summed E-state index contributed by atoms with van der Waals surface area (Å²) in [5.74, 6) is -0.198. The van der Waals surface area contributed by atoms with Crippen LogP contribution in [0.2, 0.25) is 0 Å². The third-order valence-corrected chi connectivity index (χ3v) is 2.60. The Bertz CT molecular complexity index is 597. The van der Waals surface area contributed by atoms with Gasteiger partial charge in [-0.1, -0.05) is 39.0 Å². The van der Waals surface area contributed by atoms with Gasteiger partial charge >= 0.3 is 5.97 Å². The number of nitrogens with zero attached hydrogens (tertiary/aromatic N) is 2. The molecule has 0 amide bonds. The molecular formula is C15H18N2O3. The average Bonchev–Trinajstić information content (AvgIpc) is 2.71. The average molecular weight is 274 g/mol. The van der Waals surface area contributed by atoms with Crippen molar-refractivity contribution in [2.75, 3.05) is 0 Å². The second-order valence-corrected chi connectivity index (χ2v) is 5.80. The van der Waals surface area contributed by atoms with E-state index in [2.05, 4.69) is 5.10 Å². The number of carbonyl (C=O) groups is 1. The fourth-order valence-corrected chi connectivity index (χ4v) is 1.84. The molecule has 0 saturated heterocycles. The summed E-state index contributed by atoms with van der Waals surface area (Å²) in [5.41, 5.74) is 0.00373. The molecular weight excluding hydrogens is 256 g/mol. The van der Waals surface area contributed by atoms with Gasteiger partial charge in [0.25, 0.3) is 0 Å². The molecule has 0 atom stereocenters. The molecule has 0 bridgehead atoms. The lowest BCUT2D eigenvalue weighted by atomic mass is 9.97. The molecule has 2 rings (SSSR count). The molecule has 20 heavy (non-hydrogen) atoms. The van der Waals surface area contributed by atoms with Gasteiger partial charge in [0.2, 0.25) is 0 Å². The van der Waals surface area contributed by atoms with E-state index in [-0.39, 0.29) is 16.9 Å². The van der Waals surface area contributed by atoms with Crippen LogP contribution in [0.4, 0.5) is 0 Å². The zero-order valence-corrected chi connectivity index (χ0v) is 11.8. The van der Waals surface area contributed by atoms with Gasteiger partial charge < -0.3 is 9.84 Å². The quantitative estimate of drug-likeness (QED) is 0.927. The summed E-state index contributed by atoms with van der Waals surface area (Å²) in [6.07, 6.45) is 1.45. The maximum atomic E-state index is 11.4. The van der Waals surface area contributed by atoms with Gasteiger partial charge in [-0.05, 0) is 17.5 Å². The zero-order chi connectivity index (χ0) is 14.8. The van der Waals surface area contributed by atoms with Crippen LogP contribution in [0.5, 0.6) is 11.5 Å². The van der Waals surface area contributed by atoms with Gasteiger partial charge in [0.1, 0.15) is 5.75 Å². The molecule has 5 nitrogen and oxygen atoms in total. The molecule has 2 aromatic rings. The minimum Gasteiger partial charge on any atom is -0.476 e. The normalized spacial score (nSPS) is 11.3. The first-order valence-electron chi connectivity index (χ1n) is 6.39. The lowest BCUT2D eigenvalue weighted by Crippen LogP contribution is -2.20. The Labute approximate surface area is 117 Å². The Hall–Kier alpha value is -2.30. The van der Waals surface area contributed by atoms with Crippen molar-refractivity contribution in [1.82, 2.24) is 9.78 Å². The zero-order valence-electron chi connectivity index (χ0n) is 11.8. The molecule has 106 valence electrons. The number of carboxylic acids is 1. The molecule has 0 spiro atoms. The van der Waals surface area contributed by atoms with Crippen LogP contribution in [0.1, 0.15) is 31.3 Å². The van der Waals surface area contributed by atoms with Crippen molar-refractivity contribution in [2.24, 2.45) is 5.41 Å². The van der Waals surface area contributed by atoms with E-state index in [1.807, 2.05) is 39.0 Å². The van der Waals surface area contributed by atoms with Crippen molar-refractivity contribution in [2.45, 2.75) is 27.3 Å². The van der Waals surface area contributed by atoms with Crippen LogP contribution in [0.25, 0.3) is 0 Å². The Balaban J connectivity index is 2.32. The van der Waals surface area contributed by atoms with E-state index in [9.17, 15) is 9.90 Å². The number of carboxylic acid groups (broad SMARTS) is 1. The smallest absolute Gasteiger partial charge is 0.358 e. The molecule has 0 unspecified atom stereocenters. The van der Waals surface area contributed by atoms with Gasteiger partial charge in [-0.15, -0.1) is 0 Å². The molecule has 1 aromatic heterocycles. The largest absolute Gasteiger partial charge is 0.476 e. The number of hydrogen-bond acceptors (Lipinski definition) is 3. The summed E-state index contributed by atoms with van der Waals surface area (Å²) in [4.78, 5) is 11.4. The standard InChI is InChI=1S/C15H18N2O3/c1-15(2,3)10-17-13(14(18)19)12(9-16-17)20-11-7-5-4-6-8-11/h4-9H,10H2,1-3H3,(H,18,19). The van der Waals surface area contributed by atoms with E-state index in [1.165, 1.54) is 10.9 Å². The molecule has 0 aliphatic rings. The second-order valence-electron chi connectivity index (χ2n) is 5.80. The maximum absolute atomic E-state index is 11.4. The molecule has 5 heteroatoms. The molecule has 0 aliphatic carbocycles. The summed E-state index contributed by atoms with van der Waals surface area (Å²) < 4.78 is 7.07. The highest BCUT2D eigenvalue weighted by Crippen LogP contribution is 2.27. The number of para-hydroxylation sites is 1. The summed E-state index contributed by atoms with van der Waals surface area (Å²) in [7, 11) is 0. The minimum atomic E-state index is -1.04. The first kappa shape index (κ1) is 14.1. The minimum absolute atomic E-state index is 0.0692. The fourth-order valence-electron chi connectivity index (χ4n) is 1.84. The Morgan fingerprint density at radius 1 is 1.30 bits per heavy atom. The summed E-state index contributed by atoms with van der Waals surface area (Å²) in [6.45, 7) is 6.58. The van der Waals surface area contributed by atoms with Crippen LogP contribution < -0.4 is 4.74 Å². The van der Waals surface area contributed by atoms with Gasteiger partial charge in [0.15, 0.2) is 11.4 Å². The Morgan fingerprint density at radius 2 is 1.95 bits per heavy atom. The number of aromatic nitrogens is 2. The first-order chi connectivity index (χ1) is 9.37. The number of rotatable bonds is 4. The summed E-state index contributed by atoms with van der Waals surface area (Å²) >= 11 is 0. The summed E-state index contributed by atoms with van der Waals surface area (Å²) in [6, 6.07) is 9.07. The monoisotopic (exact) mass is 274 g/mol. The third-order valence-electron chi connectivity index (χ3n) is 2.60. The predicted octanol–water partition coefficient (Wildman–Crippen LogP) is 3.42. The van der Waals surface area contributed by atoms with Crippen molar-refractivity contribution in [3.63, 3.8) is 0 Å². The number of benzene rings is 1. The summed E-state index contributed by atoms with van der Waals surface area (Å²) in [5, 5.41) is 13.5. The molecule has 0 radical (unpaired) electrons. The molecule has 1 N–H and O–H groups in total. The second kappa shape index (κ2) is 5.36. The van der Waals surface area contributed by atoms with Crippen molar-refractivity contribution in [3.8, 4) is 11.5 Å². The van der Waals surface area contributed by atoms with E-state index in [1.54, 1.807) is 12.1 Å². The van der Waals surface area contributed by atoms with Crippen molar-refractivity contribution in [3.05, 3.63) is 42.2 Å². The highest BCUT2D eigenvalue weighted by Gasteiger charge is 2.23. The van der Waals surface area contributed by atoms with Crippen molar-refractivity contribution < 1.29 is 14.6 Å². The van der Waals surface area contributed by atoms with Gasteiger partial charge in [0, 0.05) is 6.54 Å². The van der Waals surface area contributed by atoms with Crippen LogP contribution >= 0.6 is 0 Å². The Kier molecular flexibility index (Phi) is 3.79. The van der Waals surface area contributed by atoms with Crippen LogP contribution in [0, 0.1) is 5.41 Å².